The highest BCUT2D eigenvalue weighted by Gasteiger charge is 2.30. The zero-order valence-electron chi connectivity index (χ0n) is 9.78. The van der Waals surface area contributed by atoms with Gasteiger partial charge in [0.25, 0.3) is 5.91 Å². The third kappa shape index (κ3) is 2.42. The van der Waals surface area contributed by atoms with Crippen molar-refractivity contribution >= 4 is 39.9 Å². The van der Waals surface area contributed by atoms with E-state index in [1.54, 1.807) is 6.07 Å². The van der Waals surface area contributed by atoms with Crippen molar-refractivity contribution in [1.29, 1.82) is 0 Å². The lowest BCUT2D eigenvalue weighted by atomic mass is 10.1. The average Bonchev–Trinajstić information content (AvgIpc) is 2.65. The lowest BCUT2D eigenvalue weighted by Gasteiger charge is -2.13. The van der Waals surface area contributed by atoms with Gasteiger partial charge in [0.2, 0.25) is 0 Å². The summed E-state index contributed by atoms with van der Waals surface area (Å²) >= 11 is 2.21. The van der Waals surface area contributed by atoms with E-state index in [1.165, 1.54) is 12.1 Å². The van der Waals surface area contributed by atoms with Gasteiger partial charge in [-0.3, -0.25) is 4.79 Å². The molecule has 2 aromatic carbocycles. The van der Waals surface area contributed by atoms with Gasteiger partial charge in [0, 0.05) is 20.5 Å². The minimum Gasteiger partial charge on any atom is -0.370 e. The van der Waals surface area contributed by atoms with Crippen molar-refractivity contribution in [2.75, 3.05) is 10.6 Å². The fourth-order valence-electron chi connectivity index (χ4n) is 2.12. The van der Waals surface area contributed by atoms with E-state index in [-0.39, 0.29) is 11.7 Å². The molecule has 19 heavy (non-hydrogen) atoms. The van der Waals surface area contributed by atoms with Gasteiger partial charge in [0.15, 0.2) is 0 Å². The Hall–Kier alpha value is -1.63. The Morgan fingerprint density at radius 3 is 2.84 bits per heavy atom. The second-order valence-electron chi connectivity index (χ2n) is 4.31. The van der Waals surface area contributed by atoms with E-state index in [2.05, 4.69) is 33.2 Å². The molecule has 0 fully saturated rings. The SMILES string of the molecule is O=C1Nc2cc(F)ccc2C1Nc1cccc(I)c1. The molecule has 0 aromatic heterocycles. The van der Waals surface area contributed by atoms with Crippen molar-refractivity contribution < 1.29 is 9.18 Å². The van der Waals surface area contributed by atoms with E-state index in [0.717, 1.165) is 14.8 Å². The van der Waals surface area contributed by atoms with Gasteiger partial charge in [-0.05, 0) is 52.9 Å². The number of nitrogens with one attached hydrogen (secondary N) is 2. The van der Waals surface area contributed by atoms with E-state index >= 15 is 0 Å². The van der Waals surface area contributed by atoms with Crippen LogP contribution in [0.3, 0.4) is 0 Å². The average molecular weight is 368 g/mol. The fraction of sp³-hybridized carbons (Fsp3) is 0.0714. The molecule has 1 amide bonds. The molecule has 5 heteroatoms. The number of carbonyl (C=O) groups is 1. The molecule has 96 valence electrons. The lowest BCUT2D eigenvalue weighted by molar-refractivity contribution is -0.116. The van der Waals surface area contributed by atoms with Crippen LogP contribution in [0.1, 0.15) is 11.6 Å². The van der Waals surface area contributed by atoms with E-state index in [0.29, 0.717) is 5.69 Å². The number of carbonyl (C=O) groups excluding carboxylic acids is 1. The van der Waals surface area contributed by atoms with Crippen LogP contribution < -0.4 is 10.6 Å². The number of anilines is 2. The Bertz CT molecular complexity index is 660. The first-order valence-corrected chi connectivity index (χ1v) is 6.84. The molecule has 0 bridgehead atoms. The summed E-state index contributed by atoms with van der Waals surface area (Å²) in [4.78, 5) is 11.9. The maximum atomic E-state index is 13.1. The summed E-state index contributed by atoms with van der Waals surface area (Å²) < 4.78 is 14.2. The molecule has 0 saturated carbocycles. The first-order chi connectivity index (χ1) is 9.13. The molecular weight excluding hydrogens is 358 g/mol. The van der Waals surface area contributed by atoms with Gasteiger partial charge in [-0.25, -0.2) is 4.39 Å². The number of benzene rings is 2. The first kappa shape index (κ1) is 12.4. The van der Waals surface area contributed by atoms with Crippen LogP contribution in [0.15, 0.2) is 42.5 Å². The Balaban J connectivity index is 1.92. The van der Waals surface area contributed by atoms with Crippen LogP contribution in [0.4, 0.5) is 15.8 Å². The number of amides is 1. The van der Waals surface area contributed by atoms with Crippen molar-refractivity contribution in [3.8, 4) is 0 Å². The molecule has 2 aromatic rings. The fourth-order valence-corrected chi connectivity index (χ4v) is 2.67. The van der Waals surface area contributed by atoms with Crippen LogP contribution in [0, 0.1) is 9.39 Å². The molecule has 0 saturated heterocycles. The summed E-state index contributed by atoms with van der Waals surface area (Å²) in [6.45, 7) is 0. The summed E-state index contributed by atoms with van der Waals surface area (Å²) in [6.07, 6.45) is 0. The number of halogens is 2. The van der Waals surface area contributed by atoms with Gasteiger partial charge < -0.3 is 10.6 Å². The summed E-state index contributed by atoms with van der Waals surface area (Å²) in [5, 5.41) is 5.85. The van der Waals surface area contributed by atoms with Crippen molar-refractivity contribution in [3.05, 3.63) is 57.4 Å². The minimum atomic E-state index is -0.478. The Morgan fingerprint density at radius 1 is 1.21 bits per heavy atom. The number of hydrogen-bond donors (Lipinski definition) is 2. The molecule has 0 radical (unpaired) electrons. The smallest absolute Gasteiger partial charge is 0.251 e. The van der Waals surface area contributed by atoms with E-state index in [4.69, 9.17) is 0 Å². The van der Waals surface area contributed by atoms with Crippen molar-refractivity contribution in [2.45, 2.75) is 6.04 Å². The molecule has 1 aliphatic rings. The van der Waals surface area contributed by atoms with Gasteiger partial charge >= 0.3 is 0 Å². The summed E-state index contributed by atoms with van der Waals surface area (Å²) in [5.41, 5.74) is 2.17. The molecule has 0 spiro atoms. The van der Waals surface area contributed by atoms with E-state index in [9.17, 15) is 9.18 Å². The van der Waals surface area contributed by atoms with Crippen molar-refractivity contribution in [2.24, 2.45) is 0 Å². The minimum absolute atomic E-state index is 0.167. The van der Waals surface area contributed by atoms with Gasteiger partial charge in [-0.2, -0.15) is 0 Å². The van der Waals surface area contributed by atoms with Crippen LogP contribution in [0.2, 0.25) is 0 Å². The Morgan fingerprint density at radius 2 is 2.05 bits per heavy atom. The highest BCUT2D eigenvalue weighted by Crippen LogP contribution is 2.33. The van der Waals surface area contributed by atoms with Crippen LogP contribution in [0.25, 0.3) is 0 Å². The molecule has 0 aliphatic carbocycles. The van der Waals surface area contributed by atoms with Crippen molar-refractivity contribution in [1.82, 2.24) is 0 Å². The number of fused-ring (bicyclic) bond motifs is 1. The maximum absolute atomic E-state index is 13.1. The number of hydrogen-bond acceptors (Lipinski definition) is 2. The predicted molar refractivity (Wildman–Crippen MR) is 80.6 cm³/mol. The van der Waals surface area contributed by atoms with Gasteiger partial charge in [-0.1, -0.05) is 12.1 Å². The molecule has 2 N–H and O–H groups in total. The Labute approximate surface area is 123 Å². The standard InChI is InChI=1S/C14H10FIN2O/c15-8-4-5-11-12(6-8)18-14(19)13(11)17-10-3-1-2-9(16)7-10/h1-7,13,17H,(H,18,19). The lowest BCUT2D eigenvalue weighted by Crippen LogP contribution is -2.19. The Kier molecular flexibility index (Phi) is 3.14. The first-order valence-electron chi connectivity index (χ1n) is 5.76. The van der Waals surface area contributed by atoms with Gasteiger partial charge in [0.1, 0.15) is 11.9 Å². The van der Waals surface area contributed by atoms with E-state index < -0.39 is 6.04 Å². The molecule has 1 aliphatic heterocycles. The van der Waals surface area contributed by atoms with Crippen LogP contribution in [0.5, 0.6) is 0 Å². The van der Waals surface area contributed by atoms with E-state index in [1.807, 2.05) is 24.3 Å². The summed E-state index contributed by atoms with van der Waals surface area (Å²) in [5.74, 6) is -0.520. The van der Waals surface area contributed by atoms with Crippen LogP contribution in [-0.4, -0.2) is 5.91 Å². The second kappa shape index (κ2) is 4.80. The van der Waals surface area contributed by atoms with Gasteiger partial charge in [-0.15, -0.1) is 0 Å². The zero-order valence-corrected chi connectivity index (χ0v) is 11.9. The van der Waals surface area contributed by atoms with Crippen LogP contribution in [-0.2, 0) is 4.79 Å². The topological polar surface area (TPSA) is 41.1 Å². The van der Waals surface area contributed by atoms with Crippen LogP contribution >= 0.6 is 22.6 Å². The molecular formula is C14H10FIN2O. The quantitative estimate of drug-likeness (QED) is 0.797. The monoisotopic (exact) mass is 368 g/mol. The largest absolute Gasteiger partial charge is 0.370 e. The molecule has 1 unspecified atom stereocenters. The molecule has 1 heterocycles. The maximum Gasteiger partial charge on any atom is 0.251 e. The highest BCUT2D eigenvalue weighted by atomic mass is 127. The summed E-state index contributed by atoms with van der Waals surface area (Å²) in [6, 6.07) is 11.6. The third-order valence-electron chi connectivity index (χ3n) is 2.98. The number of rotatable bonds is 2. The molecule has 3 nitrogen and oxygen atoms in total. The highest BCUT2D eigenvalue weighted by molar-refractivity contribution is 14.1. The zero-order chi connectivity index (χ0) is 13.4. The van der Waals surface area contributed by atoms with Gasteiger partial charge in [0.05, 0.1) is 0 Å². The molecule has 3 rings (SSSR count). The predicted octanol–water partition coefficient (Wildman–Crippen LogP) is 3.54. The third-order valence-corrected chi connectivity index (χ3v) is 3.65. The second-order valence-corrected chi connectivity index (χ2v) is 5.55. The summed E-state index contributed by atoms with van der Waals surface area (Å²) in [7, 11) is 0. The normalized spacial score (nSPS) is 16.9. The van der Waals surface area contributed by atoms with Crippen molar-refractivity contribution in [3.63, 3.8) is 0 Å². The molecule has 1 atom stereocenters.